The Bertz CT molecular complexity index is 791. The van der Waals surface area contributed by atoms with E-state index in [0.717, 1.165) is 30.7 Å². The third-order valence-electron chi connectivity index (χ3n) is 4.02. The largest absolute Gasteiger partial charge is 0.507 e. The Morgan fingerprint density at radius 3 is 2.95 bits per heavy atom. The van der Waals surface area contributed by atoms with Gasteiger partial charge in [-0.1, -0.05) is 12.1 Å². The summed E-state index contributed by atoms with van der Waals surface area (Å²) in [4.78, 5) is 3.17. The van der Waals surface area contributed by atoms with Crippen LogP contribution in [0.5, 0.6) is 5.75 Å². The van der Waals surface area contributed by atoms with Crippen LogP contribution in [-0.4, -0.2) is 33.5 Å². The van der Waals surface area contributed by atoms with Crippen molar-refractivity contribution < 1.29 is 9.84 Å². The molecule has 0 aliphatic carbocycles. The van der Waals surface area contributed by atoms with Crippen molar-refractivity contribution in [1.29, 1.82) is 0 Å². The number of rotatable bonds is 2. The van der Waals surface area contributed by atoms with Crippen molar-refractivity contribution in [2.24, 2.45) is 0 Å². The van der Waals surface area contributed by atoms with Gasteiger partial charge in [0.2, 0.25) is 0 Å². The van der Waals surface area contributed by atoms with Crippen LogP contribution in [0.2, 0.25) is 0 Å². The predicted octanol–water partition coefficient (Wildman–Crippen LogP) is 2.83. The molecule has 3 aromatic rings. The van der Waals surface area contributed by atoms with Crippen molar-refractivity contribution in [3.8, 4) is 17.0 Å². The summed E-state index contributed by atoms with van der Waals surface area (Å²) in [7, 11) is 0. The van der Waals surface area contributed by atoms with Gasteiger partial charge in [0, 0.05) is 29.7 Å². The molecule has 21 heavy (non-hydrogen) atoms. The van der Waals surface area contributed by atoms with Crippen LogP contribution in [0.3, 0.4) is 0 Å². The minimum Gasteiger partial charge on any atom is -0.507 e. The quantitative estimate of drug-likeness (QED) is 0.757. The molecule has 1 aliphatic heterocycles. The van der Waals surface area contributed by atoms with E-state index in [4.69, 9.17) is 4.74 Å². The molecule has 4 rings (SSSR count). The number of H-pyrrole nitrogens is 1. The van der Waals surface area contributed by atoms with E-state index in [1.807, 2.05) is 24.4 Å². The summed E-state index contributed by atoms with van der Waals surface area (Å²) >= 11 is 0. The number of ether oxygens (including phenoxy) is 1. The number of para-hydroxylation sites is 1. The lowest BCUT2D eigenvalue weighted by Gasteiger charge is -2.07. The zero-order chi connectivity index (χ0) is 14.2. The molecule has 0 amide bonds. The Balaban J connectivity index is 1.85. The van der Waals surface area contributed by atoms with Crippen LogP contribution in [-0.2, 0) is 4.74 Å². The minimum atomic E-state index is 0.215. The second kappa shape index (κ2) is 4.86. The molecule has 1 saturated heterocycles. The highest BCUT2D eigenvalue weighted by Crippen LogP contribution is 2.33. The average Bonchev–Trinajstić information content (AvgIpc) is 3.16. The topological polar surface area (TPSA) is 71.0 Å². The highest BCUT2D eigenvalue weighted by molar-refractivity contribution is 5.84. The van der Waals surface area contributed by atoms with Gasteiger partial charge in [-0.3, -0.25) is 0 Å². The van der Waals surface area contributed by atoms with Gasteiger partial charge in [-0.05, 0) is 30.2 Å². The smallest absolute Gasteiger partial charge is 0.160 e. The number of fused-ring (bicyclic) bond motifs is 1. The summed E-state index contributed by atoms with van der Waals surface area (Å²) in [6, 6.07) is 9.16. The summed E-state index contributed by atoms with van der Waals surface area (Å²) in [6.45, 7) is 1.56. The highest BCUT2D eigenvalue weighted by Gasteiger charge is 2.22. The van der Waals surface area contributed by atoms with Gasteiger partial charge < -0.3 is 14.8 Å². The van der Waals surface area contributed by atoms with E-state index in [-0.39, 0.29) is 5.75 Å². The second-order valence-electron chi connectivity index (χ2n) is 5.31. The van der Waals surface area contributed by atoms with Crippen molar-refractivity contribution >= 4 is 11.0 Å². The number of nitrogens with zero attached hydrogens (tertiary/aromatic N) is 2. The van der Waals surface area contributed by atoms with E-state index < -0.39 is 0 Å². The zero-order valence-electron chi connectivity index (χ0n) is 11.4. The van der Waals surface area contributed by atoms with E-state index in [1.165, 1.54) is 5.56 Å². The molecule has 5 heteroatoms. The molecule has 0 unspecified atom stereocenters. The molecule has 0 radical (unpaired) electrons. The van der Waals surface area contributed by atoms with Crippen LogP contribution in [0.15, 0.2) is 36.5 Å². The van der Waals surface area contributed by atoms with Crippen molar-refractivity contribution in [3.05, 3.63) is 42.1 Å². The lowest BCUT2D eigenvalue weighted by Crippen LogP contribution is -1.96. The molecule has 1 fully saturated rings. The number of benzene rings is 1. The molecule has 2 N–H and O–H groups in total. The standard InChI is InChI=1S/C16H15N3O2/c20-15-4-2-1-3-11(15)14-7-12-13(10-5-6-21-9-10)8-17-16(12)19-18-14/h1-4,7-8,10,20H,5-6,9H2,(H,17,19)/t10-/m1/s1. The Labute approximate surface area is 121 Å². The SMILES string of the molecule is Oc1ccccc1-c1cc2c([C@@H]3CCOC3)c[nH]c2nn1. The van der Waals surface area contributed by atoms with Gasteiger partial charge in [0.1, 0.15) is 5.75 Å². The van der Waals surface area contributed by atoms with E-state index >= 15 is 0 Å². The first-order chi connectivity index (χ1) is 10.3. The molecule has 5 nitrogen and oxygen atoms in total. The van der Waals surface area contributed by atoms with E-state index in [1.54, 1.807) is 12.1 Å². The summed E-state index contributed by atoms with van der Waals surface area (Å²) in [6.07, 6.45) is 3.02. The highest BCUT2D eigenvalue weighted by atomic mass is 16.5. The first kappa shape index (κ1) is 12.3. The summed E-state index contributed by atoms with van der Waals surface area (Å²) in [5, 5.41) is 19.5. The van der Waals surface area contributed by atoms with Crippen molar-refractivity contribution in [2.45, 2.75) is 12.3 Å². The van der Waals surface area contributed by atoms with Crippen molar-refractivity contribution in [1.82, 2.24) is 15.2 Å². The fourth-order valence-electron chi connectivity index (χ4n) is 2.88. The number of aromatic nitrogens is 3. The van der Waals surface area contributed by atoms with Crippen LogP contribution in [0.1, 0.15) is 17.9 Å². The molecular weight excluding hydrogens is 266 g/mol. The number of aromatic amines is 1. The second-order valence-corrected chi connectivity index (χ2v) is 5.31. The van der Waals surface area contributed by atoms with Crippen LogP contribution in [0.4, 0.5) is 0 Å². The number of phenolic OH excluding ortho intramolecular Hbond substituents is 1. The van der Waals surface area contributed by atoms with E-state index in [0.29, 0.717) is 17.2 Å². The number of hydrogen-bond acceptors (Lipinski definition) is 4. The maximum Gasteiger partial charge on any atom is 0.160 e. The Morgan fingerprint density at radius 2 is 2.14 bits per heavy atom. The molecule has 1 atom stereocenters. The molecule has 0 saturated carbocycles. The third-order valence-corrected chi connectivity index (χ3v) is 4.02. The van der Waals surface area contributed by atoms with Gasteiger partial charge in [0.25, 0.3) is 0 Å². The monoisotopic (exact) mass is 281 g/mol. The van der Waals surface area contributed by atoms with Gasteiger partial charge >= 0.3 is 0 Å². The maximum absolute atomic E-state index is 9.97. The maximum atomic E-state index is 9.97. The predicted molar refractivity (Wildman–Crippen MR) is 79.2 cm³/mol. The first-order valence-corrected chi connectivity index (χ1v) is 7.04. The zero-order valence-corrected chi connectivity index (χ0v) is 11.4. The molecule has 0 bridgehead atoms. The van der Waals surface area contributed by atoms with Crippen LogP contribution < -0.4 is 0 Å². The van der Waals surface area contributed by atoms with E-state index in [9.17, 15) is 5.11 Å². The summed E-state index contributed by atoms with van der Waals surface area (Å²) in [5.41, 5.74) is 3.37. The molecule has 1 aliphatic rings. The minimum absolute atomic E-state index is 0.215. The number of nitrogens with one attached hydrogen (secondary N) is 1. The fourth-order valence-corrected chi connectivity index (χ4v) is 2.88. The van der Waals surface area contributed by atoms with Crippen molar-refractivity contribution in [2.75, 3.05) is 13.2 Å². The third kappa shape index (κ3) is 2.06. The lowest BCUT2D eigenvalue weighted by molar-refractivity contribution is 0.194. The van der Waals surface area contributed by atoms with Crippen molar-refractivity contribution in [3.63, 3.8) is 0 Å². The number of aromatic hydroxyl groups is 1. The van der Waals surface area contributed by atoms with Crippen LogP contribution in [0, 0.1) is 0 Å². The van der Waals surface area contributed by atoms with Gasteiger partial charge in [0.15, 0.2) is 5.65 Å². The summed E-state index contributed by atoms with van der Waals surface area (Å²) < 4.78 is 5.47. The Hall–Kier alpha value is -2.40. The first-order valence-electron chi connectivity index (χ1n) is 7.04. The lowest BCUT2D eigenvalue weighted by atomic mass is 9.98. The normalized spacial score (nSPS) is 18.4. The molecule has 106 valence electrons. The van der Waals surface area contributed by atoms with Gasteiger partial charge in [-0.2, -0.15) is 0 Å². The fraction of sp³-hybridized carbons (Fsp3) is 0.250. The van der Waals surface area contributed by atoms with Crippen LogP contribution >= 0.6 is 0 Å². The van der Waals surface area contributed by atoms with Gasteiger partial charge in [0.05, 0.1) is 12.3 Å². The molecule has 0 spiro atoms. The molecule has 2 aromatic heterocycles. The summed E-state index contributed by atoms with van der Waals surface area (Å²) in [5.74, 6) is 0.618. The van der Waals surface area contributed by atoms with Gasteiger partial charge in [-0.15, -0.1) is 10.2 Å². The molecule has 1 aromatic carbocycles. The van der Waals surface area contributed by atoms with Crippen LogP contribution in [0.25, 0.3) is 22.3 Å². The van der Waals surface area contributed by atoms with E-state index in [2.05, 4.69) is 15.2 Å². The molecule has 3 heterocycles. The Morgan fingerprint density at radius 1 is 1.24 bits per heavy atom. The van der Waals surface area contributed by atoms with Gasteiger partial charge in [-0.25, -0.2) is 0 Å². The Kier molecular flexibility index (Phi) is 2.86. The number of phenols is 1. The molecular formula is C16H15N3O2. The average molecular weight is 281 g/mol. The number of hydrogen-bond donors (Lipinski definition) is 2.